The lowest BCUT2D eigenvalue weighted by molar-refractivity contribution is 0.0710. The standard InChI is InChI=1S/C25H36FN5O3/c1-17(2)23-28-25(34-29-23)31-11-7-18(8-12-31)4-3-15-33-20-5-6-21(22(26)16-20)24(32)30-13-9-19(27)10-14-30/h5-6,16-19H,3-4,7-15,27H2,1-2H3. The number of piperidine rings is 2. The summed E-state index contributed by atoms with van der Waals surface area (Å²) in [5, 5.41) is 4.05. The minimum absolute atomic E-state index is 0.0938. The van der Waals surface area contributed by atoms with Gasteiger partial charge in [0.05, 0.1) is 12.2 Å². The topological polar surface area (TPSA) is 97.7 Å². The van der Waals surface area contributed by atoms with Crippen molar-refractivity contribution in [2.24, 2.45) is 11.7 Å². The number of hydrogen-bond donors (Lipinski definition) is 1. The third-order valence-electron chi connectivity index (χ3n) is 6.86. The van der Waals surface area contributed by atoms with Gasteiger partial charge in [-0.05, 0) is 56.6 Å². The van der Waals surface area contributed by atoms with Crippen LogP contribution in [0.4, 0.5) is 10.4 Å². The number of benzene rings is 1. The highest BCUT2D eigenvalue weighted by Gasteiger charge is 2.25. The molecule has 2 aliphatic heterocycles. The monoisotopic (exact) mass is 473 g/mol. The molecule has 8 nitrogen and oxygen atoms in total. The molecule has 1 aromatic heterocycles. The molecule has 0 bridgehead atoms. The average molecular weight is 474 g/mol. The molecule has 2 N–H and O–H groups in total. The fraction of sp³-hybridized carbons (Fsp3) is 0.640. The quantitative estimate of drug-likeness (QED) is 0.579. The van der Waals surface area contributed by atoms with E-state index < -0.39 is 5.82 Å². The molecule has 1 amide bonds. The third kappa shape index (κ3) is 6.05. The molecule has 0 atom stereocenters. The number of hydrogen-bond acceptors (Lipinski definition) is 7. The number of nitrogens with two attached hydrogens (primary N) is 1. The Kier molecular flexibility index (Phi) is 8.03. The summed E-state index contributed by atoms with van der Waals surface area (Å²) < 4.78 is 25.7. The number of rotatable bonds is 8. The van der Waals surface area contributed by atoms with Gasteiger partial charge in [-0.25, -0.2) is 4.39 Å². The number of ether oxygens (including phenoxy) is 1. The lowest BCUT2D eigenvalue weighted by Crippen LogP contribution is -2.43. The number of carbonyl (C=O) groups excluding carboxylic acids is 1. The Morgan fingerprint density at radius 3 is 2.59 bits per heavy atom. The van der Waals surface area contributed by atoms with Gasteiger partial charge in [0.15, 0.2) is 5.82 Å². The fourth-order valence-electron chi connectivity index (χ4n) is 4.60. The molecule has 9 heteroatoms. The Morgan fingerprint density at radius 2 is 1.94 bits per heavy atom. The van der Waals surface area contributed by atoms with E-state index in [1.807, 2.05) is 0 Å². The number of nitrogens with zero attached hydrogens (tertiary/aromatic N) is 4. The summed E-state index contributed by atoms with van der Waals surface area (Å²) in [4.78, 5) is 20.9. The summed E-state index contributed by atoms with van der Waals surface area (Å²) in [7, 11) is 0. The lowest BCUT2D eigenvalue weighted by Gasteiger charge is -2.30. The molecule has 2 aliphatic rings. The smallest absolute Gasteiger partial charge is 0.324 e. The minimum atomic E-state index is -0.536. The highest BCUT2D eigenvalue weighted by Crippen LogP contribution is 2.26. The van der Waals surface area contributed by atoms with Gasteiger partial charge in [-0.2, -0.15) is 4.98 Å². The van der Waals surface area contributed by atoms with Crippen molar-refractivity contribution < 1.29 is 18.4 Å². The molecule has 1 aromatic carbocycles. The van der Waals surface area contributed by atoms with E-state index >= 15 is 0 Å². The molecule has 0 aliphatic carbocycles. The second-order valence-corrected chi connectivity index (χ2v) is 9.78. The van der Waals surface area contributed by atoms with E-state index in [9.17, 15) is 9.18 Å². The molecule has 0 radical (unpaired) electrons. The first kappa shape index (κ1) is 24.4. The number of likely N-dealkylation sites (tertiary alicyclic amines) is 1. The molecule has 2 fully saturated rings. The molecule has 0 spiro atoms. The van der Waals surface area contributed by atoms with Gasteiger partial charge in [0.25, 0.3) is 5.91 Å². The zero-order valence-electron chi connectivity index (χ0n) is 20.2. The van der Waals surface area contributed by atoms with E-state index in [-0.39, 0.29) is 23.4 Å². The molecule has 34 heavy (non-hydrogen) atoms. The second kappa shape index (κ2) is 11.2. The molecule has 0 unspecified atom stereocenters. The number of anilines is 1. The van der Waals surface area contributed by atoms with Gasteiger partial charge in [-0.1, -0.05) is 19.0 Å². The van der Waals surface area contributed by atoms with Crippen LogP contribution in [0.2, 0.25) is 0 Å². The predicted molar refractivity (Wildman–Crippen MR) is 128 cm³/mol. The van der Waals surface area contributed by atoms with Gasteiger partial charge >= 0.3 is 6.01 Å². The number of amides is 1. The summed E-state index contributed by atoms with van der Waals surface area (Å²) in [6.07, 6.45) is 5.62. The normalized spacial score (nSPS) is 18.0. The number of carbonyl (C=O) groups is 1. The average Bonchev–Trinajstić information content (AvgIpc) is 3.33. The first-order valence-electron chi connectivity index (χ1n) is 12.5. The van der Waals surface area contributed by atoms with Crippen LogP contribution in [0.1, 0.15) is 74.5 Å². The maximum Gasteiger partial charge on any atom is 0.324 e. The molecular weight excluding hydrogens is 437 g/mol. The van der Waals surface area contributed by atoms with E-state index in [4.69, 9.17) is 15.0 Å². The molecule has 4 rings (SSSR count). The van der Waals surface area contributed by atoms with Crippen LogP contribution < -0.4 is 15.4 Å². The van der Waals surface area contributed by atoms with Crippen molar-refractivity contribution >= 4 is 11.9 Å². The molecular formula is C25H36FN5O3. The highest BCUT2D eigenvalue weighted by atomic mass is 19.1. The van der Waals surface area contributed by atoms with E-state index in [0.29, 0.717) is 37.4 Å². The Balaban J connectivity index is 1.17. The van der Waals surface area contributed by atoms with Crippen molar-refractivity contribution in [3.8, 4) is 5.75 Å². The third-order valence-corrected chi connectivity index (χ3v) is 6.86. The van der Waals surface area contributed by atoms with Crippen LogP contribution in [0.25, 0.3) is 0 Å². The van der Waals surface area contributed by atoms with Crippen LogP contribution in [0.3, 0.4) is 0 Å². The molecule has 2 saturated heterocycles. The van der Waals surface area contributed by atoms with Gasteiger partial charge in [-0.3, -0.25) is 4.79 Å². The van der Waals surface area contributed by atoms with Gasteiger partial charge in [0, 0.05) is 44.2 Å². The van der Waals surface area contributed by atoms with Crippen molar-refractivity contribution in [2.75, 3.05) is 37.7 Å². The van der Waals surface area contributed by atoms with Crippen molar-refractivity contribution in [2.45, 2.75) is 64.3 Å². The maximum atomic E-state index is 14.6. The van der Waals surface area contributed by atoms with Crippen LogP contribution in [0.15, 0.2) is 22.7 Å². The van der Waals surface area contributed by atoms with Gasteiger partial charge in [0.1, 0.15) is 11.6 Å². The fourth-order valence-corrected chi connectivity index (χ4v) is 4.60. The summed E-state index contributed by atoms with van der Waals surface area (Å²) in [6, 6.07) is 5.27. The molecule has 186 valence electrons. The van der Waals surface area contributed by atoms with Crippen LogP contribution in [0.5, 0.6) is 5.75 Å². The van der Waals surface area contributed by atoms with Gasteiger partial charge < -0.3 is 24.8 Å². The maximum absolute atomic E-state index is 14.6. The first-order chi connectivity index (χ1) is 16.4. The molecule has 3 heterocycles. The van der Waals surface area contributed by atoms with Crippen molar-refractivity contribution in [3.63, 3.8) is 0 Å². The van der Waals surface area contributed by atoms with Crippen LogP contribution in [-0.4, -0.2) is 59.8 Å². The Hall–Kier alpha value is -2.68. The predicted octanol–water partition coefficient (Wildman–Crippen LogP) is 3.97. The van der Waals surface area contributed by atoms with E-state index in [1.165, 1.54) is 12.1 Å². The first-order valence-corrected chi connectivity index (χ1v) is 12.5. The largest absolute Gasteiger partial charge is 0.493 e. The van der Waals surface area contributed by atoms with E-state index in [1.54, 1.807) is 11.0 Å². The van der Waals surface area contributed by atoms with E-state index in [0.717, 1.165) is 57.4 Å². The minimum Gasteiger partial charge on any atom is -0.493 e. The van der Waals surface area contributed by atoms with Crippen LogP contribution in [0, 0.1) is 11.7 Å². The molecule has 0 saturated carbocycles. The molecule has 2 aromatic rings. The van der Waals surface area contributed by atoms with Crippen molar-refractivity contribution in [1.29, 1.82) is 0 Å². The zero-order chi connectivity index (χ0) is 24.1. The van der Waals surface area contributed by atoms with Crippen molar-refractivity contribution in [3.05, 3.63) is 35.4 Å². The van der Waals surface area contributed by atoms with E-state index in [2.05, 4.69) is 28.9 Å². The zero-order valence-corrected chi connectivity index (χ0v) is 20.2. The van der Waals surface area contributed by atoms with Crippen LogP contribution >= 0.6 is 0 Å². The number of halogens is 1. The lowest BCUT2D eigenvalue weighted by atomic mass is 9.92. The Labute approximate surface area is 200 Å². The SMILES string of the molecule is CC(C)c1noc(N2CCC(CCCOc3ccc(C(=O)N4CCC(N)CC4)c(F)c3)CC2)n1. The summed E-state index contributed by atoms with van der Waals surface area (Å²) in [5.74, 6) is 1.28. The Morgan fingerprint density at radius 1 is 1.21 bits per heavy atom. The summed E-state index contributed by atoms with van der Waals surface area (Å²) in [5.41, 5.74) is 5.99. The van der Waals surface area contributed by atoms with Gasteiger partial charge in [-0.15, -0.1) is 0 Å². The summed E-state index contributed by atoms with van der Waals surface area (Å²) >= 11 is 0. The number of aromatic nitrogens is 2. The highest BCUT2D eigenvalue weighted by molar-refractivity contribution is 5.94. The Bertz CT molecular complexity index is 950. The second-order valence-electron chi connectivity index (χ2n) is 9.78. The van der Waals surface area contributed by atoms with Gasteiger partial charge in [0.2, 0.25) is 0 Å². The van der Waals surface area contributed by atoms with Crippen molar-refractivity contribution in [1.82, 2.24) is 15.0 Å². The van der Waals surface area contributed by atoms with Crippen LogP contribution in [-0.2, 0) is 0 Å². The summed E-state index contributed by atoms with van der Waals surface area (Å²) in [6.45, 7) is 7.60.